The van der Waals surface area contributed by atoms with E-state index in [1.165, 1.54) is 30.2 Å². The fraction of sp³-hybridized carbons (Fsp3) is 0.316. The number of ether oxygens (including phenoxy) is 2. The lowest BCUT2D eigenvalue weighted by atomic mass is 10.1. The molecule has 140 valence electrons. The van der Waals surface area contributed by atoms with E-state index in [4.69, 9.17) is 14.6 Å². The molecule has 1 unspecified atom stereocenters. The van der Waals surface area contributed by atoms with Crippen LogP contribution < -0.4 is 4.74 Å². The topological polar surface area (TPSA) is 89.0 Å². The molecule has 2 heterocycles. The zero-order chi connectivity index (χ0) is 19.1. The number of amides is 1. The Morgan fingerprint density at radius 2 is 1.85 bits per heavy atom. The average Bonchev–Trinajstić information content (AvgIpc) is 3.10. The van der Waals surface area contributed by atoms with E-state index in [1.807, 2.05) is 0 Å². The number of benzene rings is 1. The van der Waals surface area contributed by atoms with E-state index in [-0.39, 0.29) is 29.5 Å². The number of methoxy groups -OCH3 is 1. The molecule has 2 aromatic rings. The van der Waals surface area contributed by atoms with Crippen molar-refractivity contribution in [3.8, 4) is 17.0 Å². The van der Waals surface area contributed by atoms with Crippen molar-refractivity contribution < 1.29 is 28.6 Å². The molecule has 2 fully saturated rings. The maximum absolute atomic E-state index is 13.2. The maximum atomic E-state index is 13.2. The summed E-state index contributed by atoms with van der Waals surface area (Å²) >= 11 is 0. The van der Waals surface area contributed by atoms with Crippen molar-refractivity contribution >= 4 is 12.1 Å². The largest absolute Gasteiger partial charge is 0.490 e. The molecule has 1 aliphatic carbocycles. The predicted octanol–water partition coefficient (Wildman–Crippen LogP) is 2.66. The van der Waals surface area contributed by atoms with Crippen LogP contribution in [0.5, 0.6) is 5.75 Å². The number of hydrogen-bond acceptors (Lipinski definition) is 5. The molecule has 1 saturated carbocycles. The molecule has 1 saturated heterocycles. The van der Waals surface area contributed by atoms with Crippen molar-refractivity contribution in [2.45, 2.75) is 6.10 Å². The van der Waals surface area contributed by atoms with E-state index in [0.717, 1.165) is 0 Å². The zero-order valence-corrected chi connectivity index (χ0v) is 14.5. The van der Waals surface area contributed by atoms with Crippen molar-refractivity contribution in [3.63, 3.8) is 0 Å². The van der Waals surface area contributed by atoms with Gasteiger partial charge in [-0.3, -0.25) is 0 Å². The van der Waals surface area contributed by atoms with E-state index >= 15 is 0 Å². The van der Waals surface area contributed by atoms with E-state index in [2.05, 4.69) is 4.98 Å². The number of aromatic nitrogens is 1. The molecule has 0 bridgehead atoms. The molecule has 4 rings (SSSR count). The second-order valence-electron chi connectivity index (χ2n) is 6.67. The molecule has 1 N–H and O–H groups in total. The van der Waals surface area contributed by atoms with Crippen LogP contribution in [0.25, 0.3) is 11.3 Å². The number of carbonyl (C=O) groups excluding carboxylic acids is 1. The standard InChI is InChI=1S/C19H17FN2O5/c1-26-18(23)16-7-12(6-15(21-16)10-2-4-11(20)5-3-10)27-17-13-8-22(19(24)25)9-14(13)17/h2-7,13-14,17H,8-9H2,1H3,(H,24,25)/t13-,14+,17?. The molecule has 2 aliphatic rings. The summed E-state index contributed by atoms with van der Waals surface area (Å²) in [6, 6.07) is 8.95. The van der Waals surface area contributed by atoms with Crippen LogP contribution in [0, 0.1) is 17.7 Å². The van der Waals surface area contributed by atoms with Crippen LogP contribution in [0.3, 0.4) is 0 Å². The van der Waals surface area contributed by atoms with E-state index in [9.17, 15) is 14.0 Å². The molecule has 1 aromatic heterocycles. The number of nitrogens with zero attached hydrogens (tertiary/aromatic N) is 2. The minimum Gasteiger partial charge on any atom is -0.490 e. The predicted molar refractivity (Wildman–Crippen MR) is 92.0 cm³/mol. The van der Waals surface area contributed by atoms with Crippen LogP contribution in [0.4, 0.5) is 9.18 Å². The molecular weight excluding hydrogens is 355 g/mol. The van der Waals surface area contributed by atoms with Gasteiger partial charge < -0.3 is 19.5 Å². The SMILES string of the molecule is COC(=O)c1cc(OC2[C@H]3CN(C(=O)O)C[C@@H]23)cc(-c2ccc(F)cc2)n1. The summed E-state index contributed by atoms with van der Waals surface area (Å²) in [7, 11) is 1.26. The summed E-state index contributed by atoms with van der Waals surface area (Å²) in [5.74, 6) is -0.203. The average molecular weight is 372 g/mol. The summed E-state index contributed by atoms with van der Waals surface area (Å²) < 4.78 is 23.9. The van der Waals surface area contributed by atoms with Gasteiger partial charge >= 0.3 is 12.1 Å². The summed E-state index contributed by atoms with van der Waals surface area (Å²) in [6.45, 7) is 0.898. The van der Waals surface area contributed by atoms with Crippen LogP contribution in [0.2, 0.25) is 0 Å². The van der Waals surface area contributed by atoms with E-state index in [0.29, 0.717) is 30.1 Å². The van der Waals surface area contributed by atoms with Gasteiger partial charge in [0.05, 0.1) is 12.8 Å². The van der Waals surface area contributed by atoms with Crippen LogP contribution in [0.15, 0.2) is 36.4 Å². The number of fused-ring (bicyclic) bond motifs is 1. The Morgan fingerprint density at radius 3 is 2.44 bits per heavy atom. The Hall–Kier alpha value is -3.16. The molecular formula is C19H17FN2O5. The van der Waals surface area contributed by atoms with Crippen molar-refractivity contribution in [1.82, 2.24) is 9.88 Å². The molecule has 7 nitrogen and oxygen atoms in total. The van der Waals surface area contributed by atoms with Crippen molar-refractivity contribution in [3.05, 3.63) is 47.9 Å². The number of carbonyl (C=O) groups is 2. The van der Waals surface area contributed by atoms with Gasteiger partial charge in [-0.2, -0.15) is 0 Å². The number of esters is 1. The molecule has 1 amide bonds. The number of rotatable bonds is 4. The number of likely N-dealkylation sites (tertiary alicyclic amines) is 1. The Labute approximate surface area is 154 Å². The first-order valence-electron chi connectivity index (χ1n) is 8.47. The first kappa shape index (κ1) is 17.3. The van der Waals surface area contributed by atoms with Crippen molar-refractivity contribution in [2.24, 2.45) is 11.8 Å². The van der Waals surface area contributed by atoms with Gasteiger partial charge in [-0.05, 0) is 24.3 Å². The van der Waals surface area contributed by atoms with Crippen molar-refractivity contribution in [1.29, 1.82) is 0 Å². The minimum atomic E-state index is -0.920. The molecule has 1 aromatic carbocycles. The van der Waals surface area contributed by atoms with Crippen LogP contribution in [0.1, 0.15) is 10.5 Å². The minimum absolute atomic E-state index is 0.0884. The van der Waals surface area contributed by atoms with Gasteiger partial charge in [0.25, 0.3) is 0 Å². The highest BCUT2D eigenvalue weighted by Gasteiger charge is 2.59. The van der Waals surface area contributed by atoms with Gasteiger partial charge in [0.2, 0.25) is 0 Å². The van der Waals surface area contributed by atoms with Gasteiger partial charge in [0.1, 0.15) is 17.7 Å². The third-order valence-corrected chi connectivity index (χ3v) is 4.99. The van der Waals surface area contributed by atoms with Gasteiger partial charge in [-0.1, -0.05) is 0 Å². The fourth-order valence-corrected chi connectivity index (χ4v) is 3.51. The number of carboxylic acid groups (broad SMARTS) is 1. The second kappa shape index (κ2) is 6.53. The molecule has 27 heavy (non-hydrogen) atoms. The summed E-state index contributed by atoms with van der Waals surface area (Å²) in [6.07, 6.45) is -1.01. The van der Waals surface area contributed by atoms with Crippen LogP contribution in [-0.4, -0.2) is 53.4 Å². The number of halogens is 1. The zero-order valence-electron chi connectivity index (χ0n) is 14.5. The number of pyridine rings is 1. The van der Waals surface area contributed by atoms with Gasteiger partial charge in [-0.15, -0.1) is 0 Å². The molecule has 3 atom stereocenters. The van der Waals surface area contributed by atoms with E-state index in [1.54, 1.807) is 18.2 Å². The summed E-state index contributed by atoms with van der Waals surface area (Å²) in [5.41, 5.74) is 1.19. The Balaban J connectivity index is 1.57. The highest BCUT2D eigenvalue weighted by molar-refractivity contribution is 5.88. The summed E-state index contributed by atoms with van der Waals surface area (Å²) in [4.78, 5) is 28.6. The Morgan fingerprint density at radius 1 is 1.19 bits per heavy atom. The van der Waals surface area contributed by atoms with Crippen LogP contribution >= 0.6 is 0 Å². The monoisotopic (exact) mass is 372 g/mol. The fourth-order valence-electron chi connectivity index (χ4n) is 3.51. The van der Waals surface area contributed by atoms with Crippen LogP contribution in [-0.2, 0) is 4.74 Å². The lowest BCUT2D eigenvalue weighted by molar-refractivity contribution is 0.0593. The molecule has 0 radical (unpaired) electrons. The molecule has 1 aliphatic heterocycles. The highest BCUT2D eigenvalue weighted by atomic mass is 19.1. The number of piperidine rings is 1. The lowest BCUT2D eigenvalue weighted by Crippen LogP contribution is -2.31. The maximum Gasteiger partial charge on any atom is 0.407 e. The van der Waals surface area contributed by atoms with Gasteiger partial charge in [0.15, 0.2) is 5.69 Å². The Kier molecular flexibility index (Phi) is 4.18. The highest BCUT2D eigenvalue weighted by Crippen LogP contribution is 2.48. The molecule has 8 heteroatoms. The first-order chi connectivity index (χ1) is 13.0. The van der Waals surface area contributed by atoms with Crippen molar-refractivity contribution in [2.75, 3.05) is 20.2 Å². The lowest BCUT2D eigenvalue weighted by Gasteiger charge is -2.17. The first-order valence-corrected chi connectivity index (χ1v) is 8.47. The number of hydrogen-bond donors (Lipinski definition) is 1. The van der Waals surface area contributed by atoms with Gasteiger partial charge in [-0.25, -0.2) is 19.0 Å². The smallest absolute Gasteiger partial charge is 0.407 e. The van der Waals surface area contributed by atoms with E-state index < -0.39 is 12.1 Å². The van der Waals surface area contributed by atoms with Gasteiger partial charge in [0, 0.05) is 42.6 Å². The normalized spacial score (nSPS) is 22.9. The molecule has 0 spiro atoms. The third-order valence-electron chi connectivity index (χ3n) is 4.99. The summed E-state index contributed by atoms with van der Waals surface area (Å²) in [5, 5.41) is 9.03. The second-order valence-corrected chi connectivity index (χ2v) is 6.67. The third kappa shape index (κ3) is 3.30. The Bertz CT molecular complexity index is 889. The quantitative estimate of drug-likeness (QED) is 0.830.